The largest absolute Gasteiger partial charge is 0.456 e. The molecule has 47 heavy (non-hydrogen) atoms. The first-order chi connectivity index (χ1) is 23.2. The van der Waals surface area contributed by atoms with E-state index in [4.69, 9.17) is 4.42 Å². The van der Waals surface area contributed by atoms with Gasteiger partial charge in [-0.15, -0.1) is 11.3 Å². The van der Waals surface area contributed by atoms with Gasteiger partial charge in [-0.3, -0.25) is 0 Å². The van der Waals surface area contributed by atoms with Gasteiger partial charge in [0.2, 0.25) is 0 Å². The van der Waals surface area contributed by atoms with E-state index >= 15 is 0 Å². The average Bonchev–Trinajstić information content (AvgIpc) is 3.79. The van der Waals surface area contributed by atoms with Crippen LogP contribution in [0.15, 0.2) is 150 Å². The normalized spacial score (nSPS) is 11.8. The summed E-state index contributed by atoms with van der Waals surface area (Å²) in [6.45, 7) is 0. The van der Waals surface area contributed by atoms with Crippen LogP contribution < -0.4 is 0 Å². The third-order valence-corrected chi connectivity index (χ3v) is 10.5. The molecule has 0 N–H and O–H groups in total. The Morgan fingerprint density at radius 1 is 0.468 bits per heavy atom. The third kappa shape index (κ3) is 3.97. The van der Waals surface area contributed by atoms with Gasteiger partial charge in [-0.05, 0) is 95.1 Å². The van der Waals surface area contributed by atoms with Crippen molar-refractivity contribution in [3.63, 3.8) is 0 Å². The topological polar surface area (TPSA) is 41.9 Å². The molecule has 218 valence electrons. The summed E-state index contributed by atoms with van der Waals surface area (Å²) in [5.74, 6) is 0. The molecule has 0 saturated carbocycles. The summed E-state index contributed by atoms with van der Waals surface area (Å²) >= 11 is 1.83. The zero-order chi connectivity index (χ0) is 31.1. The van der Waals surface area contributed by atoms with Crippen molar-refractivity contribution in [2.75, 3.05) is 0 Å². The van der Waals surface area contributed by atoms with Gasteiger partial charge in [-0.1, -0.05) is 72.8 Å². The fourth-order valence-electron chi connectivity index (χ4n) is 7.21. The van der Waals surface area contributed by atoms with Crippen LogP contribution in [0.25, 0.3) is 91.9 Å². The minimum absolute atomic E-state index is 0.645. The van der Waals surface area contributed by atoms with E-state index in [2.05, 4.69) is 126 Å². The first-order valence-corrected chi connectivity index (χ1v) is 16.5. The van der Waals surface area contributed by atoms with Crippen LogP contribution in [0.4, 0.5) is 0 Å². The number of hydrogen-bond donors (Lipinski definition) is 0. The highest BCUT2D eigenvalue weighted by Crippen LogP contribution is 2.41. The lowest BCUT2D eigenvalue weighted by atomic mass is 9.96. The molecule has 10 aromatic rings. The Kier molecular flexibility index (Phi) is 5.51. The molecule has 0 radical (unpaired) electrons. The van der Waals surface area contributed by atoms with Crippen LogP contribution in [0, 0.1) is 11.3 Å². The SMILES string of the molecule is N#Cc1cccc(-c2cc(-c3ccc4sc5ccccc5c4c3)cc(-n3c4ccccc4c4cc5oc6ccccc6c5cc43)c2)c1. The molecule has 0 amide bonds. The molecule has 0 unspecified atom stereocenters. The van der Waals surface area contributed by atoms with Crippen LogP contribution in [-0.4, -0.2) is 4.57 Å². The Bertz CT molecular complexity index is 2930. The fraction of sp³-hybridized carbons (Fsp3) is 0. The number of nitrogens with zero attached hydrogens (tertiary/aromatic N) is 2. The van der Waals surface area contributed by atoms with Crippen molar-refractivity contribution >= 4 is 75.3 Å². The predicted octanol–water partition coefficient (Wildman–Crippen LogP) is 12.3. The van der Waals surface area contributed by atoms with Crippen molar-refractivity contribution in [1.82, 2.24) is 4.57 Å². The van der Waals surface area contributed by atoms with Gasteiger partial charge in [0.15, 0.2) is 0 Å². The molecule has 0 aliphatic heterocycles. The van der Waals surface area contributed by atoms with E-state index in [1.807, 2.05) is 41.7 Å². The fourth-order valence-corrected chi connectivity index (χ4v) is 8.30. The maximum atomic E-state index is 9.73. The van der Waals surface area contributed by atoms with Gasteiger partial charge >= 0.3 is 0 Å². The number of nitriles is 1. The highest BCUT2D eigenvalue weighted by atomic mass is 32.1. The van der Waals surface area contributed by atoms with Crippen LogP contribution in [0.2, 0.25) is 0 Å². The van der Waals surface area contributed by atoms with Crippen LogP contribution in [-0.2, 0) is 0 Å². The van der Waals surface area contributed by atoms with E-state index in [9.17, 15) is 5.26 Å². The van der Waals surface area contributed by atoms with Crippen LogP contribution >= 0.6 is 11.3 Å². The molecule has 4 heteroatoms. The highest BCUT2D eigenvalue weighted by molar-refractivity contribution is 7.25. The molecule has 0 saturated heterocycles. The number of furan rings is 1. The number of rotatable bonds is 3. The average molecular weight is 617 g/mol. The van der Waals surface area contributed by atoms with Gasteiger partial charge in [-0.25, -0.2) is 0 Å². The second kappa shape index (κ2) is 9.92. The predicted molar refractivity (Wildman–Crippen MR) is 197 cm³/mol. The van der Waals surface area contributed by atoms with Gasteiger partial charge in [0.1, 0.15) is 11.2 Å². The molecule has 3 nitrogen and oxygen atoms in total. The monoisotopic (exact) mass is 616 g/mol. The van der Waals surface area contributed by atoms with Crippen LogP contribution in [0.1, 0.15) is 5.56 Å². The maximum Gasteiger partial charge on any atom is 0.136 e. The molecule has 0 aliphatic carbocycles. The first kappa shape index (κ1) is 26.1. The van der Waals surface area contributed by atoms with E-state index in [1.165, 1.54) is 25.6 Å². The van der Waals surface area contributed by atoms with E-state index < -0.39 is 0 Å². The quantitative estimate of drug-likeness (QED) is 0.198. The van der Waals surface area contributed by atoms with Gasteiger partial charge in [0, 0.05) is 47.4 Å². The Labute approximate surface area is 273 Å². The van der Waals surface area contributed by atoms with Gasteiger partial charge < -0.3 is 8.98 Å². The number of fused-ring (bicyclic) bond motifs is 9. The minimum Gasteiger partial charge on any atom is -0.456 e. The summed E-state index contributed by atoms with van der Waals surface area (Å²) in [5.41, 5.74) is 10.1. The van der Waals surface area contributed by atoms with E-state index in [-0.39, 0.29) is 0 Å². The number of thiophene rings is 1. The Hall–Kier alpha value is -6.15. The molecule has 0 spiro atoms. The summed E-state index contributed by atoms with van der Waals surface area (Å²) in [6, 6.07) is 53.8. The van der Waals surface area contributed by atoms with Crippen molar-refractivity contribution in [3.05, 3.63) is 151 Å². The second-order valence-electron chi connectivity index (χ2n) is 12.1. The molecular formula is C43H24N2OS. The van der Waals surface area contributed by atoms with Crippen molar-refractivity contribution in [3.8, 4) is 34.0 Å². The number of hydrogen-bond acceptors (Lipinski definition) is 3. The number of benzene rings is 7. The molecule has 0 atom stereocenters. The van der Waals surface area contributed by atoms with E-state index in [0.29, 0.717) is 5.56 Å². The molecule has 3 aromatic heterocycles. The van der Waals surface area contributed by atoms with Crippen molar-refractivity contribution in [1.29, 1.82) is 5.26 Å². The lowest BCUT2D eigenvalue weighted by Gasteiger charge is -2.14. The third-order valence-electron chi connectivity index (χ3n) is 9.38. The van der Waals surface area contributed by atoms with Gasteiger partial charge in [0.25, 0.3) is 0 Å². The summed E-state index contributed by atoms with van der Waals surface area (Å²) in [7, 11) is 0. The van der Waals surface area contributed by atoms with Crippen LogP contribution in [0.3, 0.4) is 0 Å². The first-order valence-electron chi connectivity index (χ1n) is 15.6. The summed E-state index contributed by atoms with van der Waals surface area (Å²) < 4.78 is 11.3. The Morgan fingerprint density at radius 2 is 1.21 bits per heavy atom. The molecule has 10 rings (SSSR count). The summed E-state index contributed by atoms with van der Waals surface area (Å²) in [4.78, 5) is 0. The van der Waals surface area contributed by atoms with Crippen molar-refractivity contribution in [2.45, 2.75) is 0 Å². The van der Waals surface area contributed by atoms with Crippen molar-refractivity contribution in [2.24, 2.45) is 0 Å². The summed E-state index contributed by atoms with van der Waals surface area (Å²) in [5, 5.41) is 16.8. The molecule has 0 aliphatic rings. The minimum atomic E-state index is 0.645. The van der Waals surface area contributed by atoms with Crippen LogP contribution in [0.5, 0.6) is 0 Å². The molecular weight excluding hydrogens is 593 g/mol. The standard InChI is InChI=1S/C43H24N2OS/c44-25-26-8-7-9-27(18-26)29-19-30(28-16-17-43-37(22-28)34-12-3-6-15-42(34)47-43)21-31(20-29)45-38-13-4-1-10-32(38)35-24-41-36(23-39(35)45)33-11-2-5-14-40(33)46-41/h1-24H. The molecule has 3 heterocycles. The zero-order valence-electron chi connectivity index (χ0n) is 25.1. The smallest absolute Gasteiger partial charge is 0.136 e. The Balaban J connectivity index is 1.29. The molecule has 0 bridgehead atoms. The molecule has 0 fully saturated rings. The Morgan fingerprint density at radius 3 is 2.09 bits per heavy atom. The van der Waals surface area contributed by atoms with Gasteiger partial charge in [0.05, 0.1) is 22.7 Å². The van der Waals surface area contributed by atoms with Crippen molar-refractivity contribution < 1.29 is 4.42 Å². The summed E-state index contributed by atoms with van der Waals surface area (Å²) in [6.07, 6.45) is 0. The number of para-hydroxylation sites is 2. The number of aromatic nitrogens is 1. The van der Waals surface area contributed by atoms with E-state index in [0.717, 1.165) is 66.3 Å². The van der Waals surface area contributed by atoms with Gasteiger partial charge in [-0.2, -0.15) is 5.26 Å². The second-order valence-corrected chi connectivity index (χ2v) is 13.2. The lowest BCUT2D eigenvalue weighted by Crippen LogP contribution is -1.96. The zero-order valence-corrected chi connectivity index (χ0v) is 25.9. The maximum absolute atomic E-state index is 9.73. The highest BCUT2D eigenvalue weighted by Gasteiger charge is 2.18. The van der Waals surface area contributed by atoms with E-state index in [1.54, 1.807) is 0 Å². The lowest BCUT2D eigenvalue weighted by molar-refractivity contribution is 0.669. The molecule has 7 aromatic carbocycles.